The zero-order chi connectivity index (χ0) is 14.7. The third kappa shape index (κ3) is 3.68. The SMILES string of the molecule is CCC(CC)(C(=O)NC1CCCC(C)(C)C1)C(N)=S. The van der Waals surface area contributed by atoms with E-state index in [9.17, 15) is 4.79 Å². The fourth-order valence-electron chi connectivity index (χ4n) is 3.18. The van der Waals surface area contributed by atoms with E-state index in [0.29, 0.717) is 23.2 Å². The zero-order valence-corrected chi connectivity index (χ0v) is 13.5. The fraction of sp³-hybridized carbons (Fsp3) is 0.867. The van der Waals surface area contributed by atoms with E-state index in [0.717, 1.165) is 12.8 Å². The van der Waals surface area contributed by atoms with Crippen molar-refractivity contribution in [2.45, 2.75) is 72.3 Å². The summed E-state index contributed by atoms with van der Waals surface area (Å²) in [5.74, 6) is 0.0210. The van der Waals surface area contributed by atoms with Gasteiger partial charge in [0.25, 0.3) is 0 Å². The van der Waals surface area contributed by atoms with Crippen LogP contribution in [-0.4, -0.2) is 16.9 Å². The lowest BCUT2D eigenvalue weighted by molar-refractivity contribution is -0.129. The minimum absolute atomic E-state index is 0.0210. The van der Waals surface area contributed by atoms with Crippen molar-refractivity contribution < 1.29 is 4.79 Å². The van der Waals surface area contributed by atoms with Crippen molar-refractivity contribution >= 4 is 23.1 Å². The maximum atomic E-state index is 12.6. The van der Waals surface area contributed by atoms with E-state index in [1.54, 1.807) is 0 Å². The van der Waals surface area contributed by atoms with Gasteiger partial charge in [-0.25, -0.2) is 0 Å². The highest BCUT2D eigenvalue weighted by molar-refractivity contribution is 7.80. The van der Waals surface area contributed by atoms with Crippen LogP contribution in [0.3, 0.4) is 0 Å². The Morgan fingerprint density at radius 2 is 2.00 bits per heavy atom. The minimum Gasteiger partial charge on any atom is -0.392 e. The predicted molar refractivity (Wildman–Crippen MR) is 84.0 cm³/mol. The second-order valence-electron chi connectivity index (χ2n) is 6.58. The first kappa shape index (κ1) is 16.4. The molecule has 3 nitrogen and oxygen atoms in total. The van der Waals surface area contributed by atoms with Gasteiger partial charge in [0, 0.05) is 6.04 Å². The number of thiocarbonyl (C=S) groups is 1. The number of hydrogen-bond donors (Lipinski definition) is 2. The molecule has 1 aliphatic rings. The van der Waals surface area contributed by atoms with E-state index >= 15 is 0 Å². The Balaban J connectivity index is 2.75. The third-order valence-corrected chi connectivity index (χ3v) is 5.04. The molecule has 0 bridgehead atoms. The van der Waals surface area contributed by atoms with Gasteiger partial charge in [-0.15, -0.1) is 0 Å². The van der Waals surface area contributed by atoms with Crippen LogP contribution in [0.15, 0.2) is 0 Å². The molecule has 0 heterocycles. The van der Waals surface area contributed by atoms with Crippen molar-refractivity contribution in [1.82, 2.24) is 5.32 Å². The van der Waals surface area contributed by atoms with E-state index in [-0.39, 0.29) is 11.9 Å². The molecule has 0 aliphatic heterocycles. The van der Waals surface area contributed by atoms with Crippen LogP contribution in [0.4, 0.5) is 0 Å². The molecule has 1 unspecified atom stereocenters. The summed E-state index contributed by atoms with van der Waals surface area (Å²) in [6, 6.07) is 0.267. The van der Waals surface area contributed by atoms with Gasteiger partial charge in [-0.3, -0.25) is 4.79 Å². The van der Waals surface area contributed by atoms with E-state index < -0.39 is 5.41 Å². The summed E-state index contributed by atoms with van der Waals surface area (Å²) in [6.07, 6.45) is 5.86. The lowest BCUT2D eigenvalue weighted by Crippen LogP contribution is -2.52. The van der Waals surface area contributed by atoms with Gasteiger partial charge >= 0.3 is 0 Å². The smallest absolute Gasteiger partial charge is 0.233 e. The number of rotatable bonds is 5. The Kier molecular flexibility index (Phi) is 5.36. The largest absolute Gasteiger partial charge is 0.392 e. The molecule has 0 aromatic carbocycles. The number of nitrogens with two attached hydrogens (primary N) is 1. The summed E-state index contributed by atoms with van der Waals surface area (Å²) in [7, 11) is 0. The van der Waals surface area contributed by atoms with Crippen LogP contribution < -0.4 is 11.1 Å². The van der Waals surface area contributed by atoms with Crippen LogP contribution >= 0.6 is 12.2 Å². The van der Waals surface area contributed by atoms with Crippen LogP contribution in [0.2, 0.25) is 0 Å². The van der Waals surface area contributed by atoms with Crippen molar-refractivity contribution in [3.05, 3.63) is 0 Å². The van der Waals surface area contributed by atoms with E-state index in [1.165, 1.54) is 12.8 Å². The first-order chi connectivity index (χ1) is 8.77. The van der Waals surface area contributed by atoms with Gasteiger partial charge in [0.15, 0.2) is 0 Å². The van der Waals surface area contributed by atoms with Crippen LogP contribution in [0.5, 0.6) is 0 Å². The second kappa shape index (κ2) is 6.21. The van der Waals surface area contributed by atoms with Crippen molar-refractivity contribution in [2.24, 2.45) is 16.6 Å². The highest BCUT2D eigenvalue weighted by atomic mass is 32.1. The summed E-state index contributed by atoms with van der Waals surface area (Å²) in [4.78, 5) is 12.9. The van der Waals surface area contributed by atoms with Crippen LogP contribution in [0.25, 0.3) is 0 Å². The minimum atomic E-state index is -0.670. The average molecular weight is 284 g/mol. The monoisotopic (exact) mass is 284 g/mol. The molecule has 1 fully saturated rings. The van der Waals surface area contributed by atoms with Crippen LogP contribution in [-0.2, 0) is 4.79 Å². The molecule has 4 heteroatoms. The summed E-state index contributed by atoms with van der Waals surface area (Å²) in [5.41, 5.74) is 5.47. The van der Waals surface area contributed by atoms with Crippen molar-refractivity contribution in [3.8, 4) is 0 Å². The molecular weight excluding hydrogens is 256 g/mol. The molecule has 110 valence electrons. The Morgan fingerprint density at radius 3 is 2.42 bits per heavy atom. The summed E-state index contributed by atoms with van der Waals surface area (Å²) in [6.45, 7) is 8.50. The quantitative estimate of drug-likeness (QED) is 0.762. The molecule has 1 rings (SSSR count). The molecule has 19 heavy (non-hydrogen) atoms. The Hall–Kier alpha value is -0.640. The van der Waals surface area contributed by atoms with Gasteiger partial charge in [-0.05, 0) is 37.5 Å². The van der Waals surface area contributed by atoms with E-state index in [1.807, 2.05) is 13.8 Å². The maximum Gasteiger partial charge on any atom is 0.233 e. The third-order valence-electron chi connectivity index (χ3n) is 4.65. The lowest BCUT2D eigenvalue weighted by atomic mass is 9.74. The molecule has 0 aromatic rings. The van der Waals surface area contributed by atoms with Gasteiger partial charge in [0.05, 0.1) is 10.4 Å². The Labute approximate surface area is 122 Å². The highest BCUT2D eigenvalue weighted by Crippen LogP contribution is 2.36. The molecule has 1 saturated carbocycles. The lowest BCUT2D eigenvalue weighted by Gasteiger charge is -2.38. The highest BCUT2D eigenvalue weighted by Gasteiger charge is 2.40. The summed E-state index contributed by atoms with van der Waals surface area (Å²) < 4.78 is 0. The van der Waals surface area contributed by atoms with Crippen molar-refractivity contribution in [3.63, 3.8) is 0 Å². The zero-order valence-electron chi connectivity index (χ0n) is 12.7. The number of carbonyl (C=O) groups excluding carboxylic acids is 1. The topological polar surface area (TPSA) is 55.1 Å². The first-order valence-corrected chi connectivity index (χ1v) is 7.79. The van der Waals surface area contributed by atoms with Crippen LogP contribution in [0.1, 0.15) is 66.2 Å². The van der Waals surface area contributed by atoms with Gasteiger partial charge in [0.2, 0.25) is 5.91 Å². The number of amides is 1. The predicted octanol–water partition coefficient (Wildman–Crippen LogP) is 3.16. The fourth-order valence-corrected chi connectivity index (χ4v) is 3.56. The Bertz CT molecular complexity index is 348. The van der Waals surface area contributed by atoms with Crippen LogP contribution in [0, 0.1) is 10.8 Å². The second-order valence-corrected chi connectivity index (χ2v) is 7.02. The molecule has 0 aromatic heterocycles. The molecule has 0 saturated heterocycles. The first-order valence-electron chi connectivity index (χ1n) is 7.38. The molecule has 1 amide bonds. The summed E-state index contributed by atoms with van der Waals surface area (Å²) in [5, 5.41) is 3.19. The van der Waals surface area contributed by atoms with Gasteiger partial charge < -0.3 is 11.1 Å². The standard InChI is InChI=1S/C15H28N2OS/c1-5-15(6-2,12(16)19)13(18)17-11-8-7-9-14(3,4)10-11/h11H,5-10H2,1-4H3,(H2,16,19)(H,17,18). The molecule has 3 N–H and O–H groups in total. The number of nitrogens with one attached hydrogen (secondary N) is 1. The molecule has 0 radical (unpaired) electrons. The molecule has 1 atom stereocenters. The van der Waals surface area contributed by atoms with Crippen molar-refractivity contribution in [1.29, 1.82) is 0 Å². The van der Waals surface area contributed by atoms with Gasteiger partial charge in [0.1, 0.15) is 0 Å². The van der Waals surface area contributed by atoms with Gasteiger partial charge in [-0.1, -0.05) is 46.3 Å². The normalized spacial score (nSPS) is 22.8. The average Bonchev–Trinajstić information content (AvgIpc) is 2.29. The molecule has 0 spiro atoms. The Morgan fingerprint density at radius 1 is 1.42 bits per heavy atom. The molecular formula is C15H28N2OS. The van der Waals surface area contributed by atoms with Crippen molar-refractivity contribution in [2.75, 3.05) is 0 Å². The van der Waals surface area contributed by atoms with E-state index in [2.05, 4.69) is 19.2 Å². The van der Waals surface area contributed by atoms with E-state index in [4.69, 9.17) is 18.0 Å². The summed E-state index contributed by atoms with van der Waals surface area (Å²) >= 11 is 5.13. The molecule has 1 aliphatic carbocycles. The number of carbonyl (C=O) groups is 1. The maximum absolute atomic E-state index is 12.6. The number of hydrogen-bond acceptors (Lipinski definition) is 2. The van der Waals surface area contributed by atoms with Gasteiger partial charge in [-0.2, -0.15) is 0 Å².